The van der Waals surface area contributed by atoms with Gasteiger partial charge in [0.2, 0.25) is 5.91 Å². The lowest BCUT2D eigenvalue weighted by atomic mass is 9.73. The molecule has 0 atom stereocenters. The van der Waals surface area contributed by atoms with Crippen LogP contribution in [0.1, 0.15) is 40.7 Å². The highest BCUT2D eigenvalue weighted by Gasteiger charge is 2.42. The standard InChI is InChI=1S/C23H28N2O/c1-17-7-8-19(13-18(17)2)16-25-11-9-23(10-12-25)14-20-5-3-4-6-21(20)15-24-22(23)26/h3-8,13H,9-12,14-16H2,1-2H3,(H,24,26). The van der Waals surface area contributed by atoms with Crippen molar-refractivity contribution in [3.8, 4) is 0 Å². The molecule has 2 heterocycles. The number of likely N-dealkylation sites (tertiary alicyclic amines) is 1. The second-order valence-electron chi connectivity index (χ2n) is 8.10. The SMILES string of the molecule is Cc1ccc(CN2CCC3(CC2)Cc2ccccc2CNC3=O)cc1C. The fourth-order valence-corrected chi connectivity index (χ4v) is 4.41. The van der Waals surface area contributed by atoms with Crippen LogP contribution in [0.25, 0.3) is 0 Å². The van der Waals surface area contributed by atoms with Gasteiger partial charge in [0.05, 0.1) is 5.41 Å². The molecular formula is C23H28N2O. The topological polar surface area (TPSA) is 32.3 Å². The first-order chi connectivity index (χ1) is 12.6. The van der Waals surface area contributed by atoms with Crippen LogP contribution in [0.3, 0.4) is 0 Å². The number of hydrogen-bond acceptors (Lipinski definition) is 2. The molecule has 26 heavy (non-hydrogen) atoms. The van der Waals surface area contributed by atoms with Gasteiger partial charge in [0.1, 0.15) is 0 Å². The van der Waals surface area contributed by atoms with E-state index in [0.717, 1.165) is 38.9 Å². The molecule has 2 aliphatic heterocycles. The number of carbonyl (C=O) groups is 1. The first-order valence-corrected chi connectivity index (χ1v) is 9.69. The van der Waals surface area contributed by atoms with E-state index in [2.05, 4.69) is 66.5 Å². The number of carbonyl (C=O) groups excluding carboxylic acids is 1. The van der Waals surface area contributed by atoms with E-state index < -0.39 is 0 Å². The Bertz CT molecular complexity index is 819. The van der Waals surface area contributed by atoms with E-state index in [0.29, 0.717) is 6.54 Å². The predicted molar refractivity (Wildman–Crippen MR) is 105 cm³/mol. The summed E-state index contributed by atoms with van der Waals surface area (Å²) in [7, 11) is 0. The third-order valence-corrected chi connectivity index (χ3v) is 6.36. The molecule has 1 amide bonds. The number of nitrogens with one attached hydrogen (secondary N) is 1. The highest BCUT2D eigenvalue weighted by Crippen LogP contribution is 2.38. The molecular weight excluding hydrogens is 320 g/mol. The quantitative estimate of drug-likeness (QED) is 0.896. The lowest BCUT2D eigenvalue weighted by Crippen LogP contribution is -2.48. The smallest absolute Gasteiger partial charge is 0.226 e. The molecule has 3 nitrogen and oxygen atoms in total. The third kappa shape index (κ3) is 3.28. The lowest BCUT2D eigenvalue weighted by Gasteiger charge is -2.40. The van der Waals surface area contributed by atoms with E-state index in [1.165, 1.54) is 27.8 Å². The first-order valence-electron chi connectivity index (χ1n) is 9.69. The van der Waals surface area contributed by atoms with Crippen LogP contribution < -0.4 is 5.32 Å². The first kappa shape index (κ1) is 17.3. The van der Waals surface area contributed by atoms with Crippen LogP contribution >= 0.6 is 0 Å². The maximum Gasteiger partial charge on any atom is 0.226 e. The molecule has 1 saturated heterocycles. The number of rotatable bonds is 2. The summed E-state index contributed by atoms with van der Waals surface area (Å²) in [6, 6.07) is 15.2. The van der Waals surface area contributed by atoms with Crippen LogP contribution in [0, 0.1) is 19.3 Å². The molecule has 1 N–H and O–H groups in total. The number of aryl methyl sites for hydroxylation is 2. The van der Waals surface area contributed by atoms with Gasteiger partial charge in [-0.2, -0.15) is 0 Å². The molecule has 0 radical (unpaired) electrons. The Morgan fingerprint density at radius 3 is 2.46 bits per heavy atom. The van der Waals surface area contributed by atoms with Gasteiger partial charge in [-0.15, -0.1) is 0 Å². The minimum atomic E-state index is -0.230. The summed E-state index contributed by atoms with van der Waals surface area (Å²) in [5, 5.41) is 3.18. The van der Waals surface area contributed by atoms with Gasteiger partial charge >= 0.3 is 0 Å². The minimum absolute atomic E-state index is 0.230. The lowest BCUT2D eigenvalue weighted by molar-refractivity contribution is -0.133. The Morgan fingerprint density at radius 2 is 1.73 bits per heavy atom. The van der Waals surface area contributed by atoms with Gasteiger partial charge < -0.3 is 5.32 Å². The van der Waals surface area contributed by atoms with Crippen LogP contribution in [0.4, 0.5) is 0 Å². The number of amides is 1. The summed E-state index contributed by atoms with van der Waals surface area (Å²) >= 11 is 0. The summed E-state index contributed by atoms with van der Waals surface area (Å²) in [5.41, 5.74) is 6.46. The molecule has 0 saturated carbocycles. The van der Waals surface area contributed by atoms with Gasteiger partial charge in [0, 0.05) is 13.1 Å². The van der Waals surface area contributed by atoms with Gasteiger partial charge in [0.25, 0.3) is 0 Å². The molecule has 4 rings (SSSR count). The zero-order chi connectivity index (χ0) is 18.1. The van der Waals surface area contributed by atoms with Crippen LogP contribution in [-0.2, 0) is 24.3 Å². The molecule has 136 valence electrons. The predicted octanol–water partition coefficient (Wildman–Crippen LogP) is 3.76. The molecule has 2 aromatic carbocycles. The molecule has 1 fully saturated rings. The van der Waals surface area contributed by atoms with Crippen LogP contribution in [-0.4, -0.2) is 23.9 Å². The summed E-state index contributed by atoms with van der Waals surface area (Å²) in [5.74, 6) is 0.250. The van der Waals surface area contributed by atoms with Crippen molar-refractivity contribution in [1.29, 1.82) is 0 Å². The van der Waals surface area contributed by atoms with E-state index in [1.807, 2.05) is 0 Å². The Labute approximate surface area is 156 Å². The van der Waals surface area contributed by atoms with Crippen molar-refractivity contribution < 1.29 is 4.79 Å². The Morgan fingerprint density at radius 1 is 1.00 bits per heavy atom. The monoisotopic (exact) mass is 348 g/mol. The third-order valence-electron chi connectivity index (χ3n) is 6.36. The van der Waals surface area contributed by atoms with Crippen molar-refractivity contribution in [3.05, 3.63) is 70.3 Å². The van der Waals surface area contributed by atoms with E-state index in [-0.39, 0.29) is 11.3 Å². The van der Waals surface area contributed by atoms with Gasteiger partial charge in [-0.25, -0.2) is 0 Å². The number of hydrogen-bond donors (Lipinski definition) is 1. The van der Waals surface area contributed by atoms with Crippen molar-refractivity contribution in [3.63, 3.8) is 0 Å². The van der Waals surface area contributed by atoms with Crippen LogP contribution in [0.5, 0.6) is 0 Å². The second kappa shape index (κ2) is 6.88. The van der Waals surface area contributed by atoms with Gasteiger partial charge in [0.15, 0.2) is 0 Å². The van der Waals surface area contributed by atoms with Gasteiger partial charge in [-0.05, 0) is 74.0 Å². The largest absolute Gasteiger partial charge is 0.352 e. The maximum atomic E-state index is 12.9. The molecule has 2 aromatic rings. The van der Waals surface area contributed by atoms with Gasteiger partial charge in [-0.1, -0.05) is 42.5 Å². The van der Waals surface area contributed by atoms with Crippen molar-refractivity contribution >= 4 is 5.91 Å². The molecule has 0 bridgehead atoms. The van der Waals surface area contributed by atoms with E-state index in [4.69, 9.17) is 0 Å². The summed E-state index contributed by atoms with van der Waals surface area (Å²) in [4.78, 5) is 15.4. The molecule has 1 spiro atoms. The second-order valence-corrected chi connectivity index (χ2v) is 8.10. The fraction of sp³-hybridized carbons (Fsp3) is 0.435. The van der Waals surface area contributed by atoms with Crippen LogP contribution in [0.15, 0.2) is 42.5 Å². The highest BCUT2D eigenvalue weighted by atomic mass is 16.2. The minimum Gasteiger partial charge on any atom is -0.352 e. The summed E-state index contributed by atoms with van der Waals surface area (Å²) in [6.45, 7) is 7.97. The molecule has 0 unspecified atom stereocenters. The van der Waals surface area contributed by atoms with Crippen molar-refractivity contribution in [2.45, 2.75) is 46.2 Å². The average Bonchev–Trinajstić information content (AvgIpc) is 2.78. The number of benzene rings is 2. The summed E-state index contributed by atoms with van der Waals surface area (Å²) < 4.78 is 0. The average molecular weight is 348 g/mol. The van der Waals surface area contributed by atoms with Crippen molar-refractivity contribution in [2.75, 3.05) is 13.1 Å². The Balaban J connectivity index is 1.46. The zero-order valence-electron chi connectivity index (χ0n) is 15.8. The van der Waals surface area contributed by atoms with Gasteiger partial charge in [-0.3, -0.25) is 9.69 Å². The molecule has 2 aliphatic rings. The normalized spacial score (nSPS) is 19.7. The molecule has 0 aromatic heterocycles. The van der Waals surface area contributed by atoms with E-state index in [1.54, 1.807) is 0 Å². The molecule has 3 heteroatoms. The number of fused-ring (bicyclic) bond motifs is 1. The van der Waals surface area contributed by atoms with Crippen LogP contribution in [0.2, 0.25) is 0 Å². The number of piperidine rings is 1. The highest BCUT2D eigenvalue weighted by molar-refractivity contribution is 5.83. The maximum absolute atomic E-state index is 12.9. The Hall–Kier alpha value is -2.13. The Kier molecular flexibility index (Phi) is 4.58. The molecule has 0 aliphatic carbocycles. The van der Waals surface area contributed by atoms with E-state index >= 15 is 0 Å². The fourth-order valence-electron chi connectivity index (χ4n) is 4.41. The van der Waals surface area contributed by atoms with Crippen molar-refractivity contribution in [2.24, 2.45) is 5.41 Å². The zero-order valence-corrected chi connectivity index (χ0v) is 15.8. The number of nitrogens with zero attached hydrogens (tertiary/aromatic N) is 1. The van der Waals surface area contributed by atoms with Crippen molar-refractivity contribution in [1.82, 2.24) is 10.2 Å². The van der Waals surface area contributed by atoms with E-state index in [9.17, 15) is 4.79 Å². The summed E-state index contributed by atoms with van der Waals surface area (Å²) in [6.07, 6.45) is 2.77.